The lowest BCUT2D eigenvalue weighted by Crippen LogP contribution is -1.97. The minimum absolute atomic E-state index is 0.350. The molecule has 1 aliphatic heterocycles. The first-order valence-electron chi connectivity index (χ1n) is 8.78. The molecule has 0 atom stereocenters. The van der Waals surface area contributed by atoms with Crippen LogP contribution in [0.5, 0.6) is 0 Å². The highest BCUT2D eigenvalue weighted by Gasteiger charge is 2.25. The molecule has 0 saturated carbocycles. The molecule has 0 N–H and O–H groups in total. The maximum absolute atomic E-state index is 13.3. The fraction of sp³-hybridized carbons (Fsp3) is 0.263. The van der Waals surface area contributed by atoms with Gasteiger partial charge in [-0.1, -0.05) is 0 Å². The number of halogens is 1. The molecule has 4 aromatic rings. The van der Waals surface area contributed by atoms with Gasteiger partial charge in [-0.3, -0.25) is 9.67 Å². The van der Waals surface area contributed by atoms with E-state index in [9.17, 15) is 4.39 Å². The molecule has 0 radical (unpaired) electrons. The number of aryl methyl sites for hydroxylation is 2. The van der Waals surface area contributed by atoms with Crippen LogP contribution in [0.4, 0.5) is 4.39 Å². The summed E-state index contributed by atoms with van der Waals surface area (Å²) >= 11 is 0. The maximum atomic E-state index is 13.3. The van der Waals surface area contributed by atoms with Gasteiger partial charge in [-0.15, -0.1) is 0 Å². The molecule has 0 aliphatic carbocycles. The van der Waals surface area contributed by atoms with Crippen molar-refractivity contribution in [2.75, 3.05) is 0 Å². The molecule has 6 nitrogen and oxygen atoms in total. The van der Waals surface area contributed by atoms with Gasteiger partial charge in [0.1, 0.15) is 11.5 Å². The zero-order valence-corrected chi connectivity index (χ0v) is 14.4. The summed E-state index contributed by atoms with van der Waals surface area (Å²) in [6.45, 7) is 3.72. The van der Waals surface area contributed by atoms with E-state index in [0.717, 1.165) is 53.8 Å². The molecule has 0 spiro atoms. The molecule has 0 fully saturated rings. The highest BCUT2D eigenvalue weighted by Crippen LogP contribution is 2.37. The van der Waals surface area contributed by atoms with Gasteiger partial charge in [0.25, 0.3) is 0 Å². The van der Waals surface area contributed by atoms with Gasteiger partial charge in [-0.25, -0.2) is 14.1 Å². The second kappa shape index (κ2) is 5.72. The Morgan fingerprint density at radius 1 is 1.15 bits per heavy atom. The van der Waals surface area contributed by atoms with E-state index in [-0.39, 0.29) is 5.82 Å². The molecule has 0 unspecified atom stereocenters. The molecule has 0 bridgehead atoms. The molecule has 5 heterocycles. The van der Waals surface area contributed by atoms with Crippen LogP contribution in [0.1, 0.15) is 19.0 Å². The number of nitrogens with zero attached hydrogens (tertiary/aromatic N) is 6. The second-order valence-corrected chi connectivity index (χ2v) is 6.46. The lowest BCUT2D eigenvalue weighted by atomic mass is 10.0. The summed E-state index contributed by atoms with van der Waals surface area (Å²) in [6, 6.07) is 5.20. The topological polar surface area (TPSA) is 61.4 Å². The minimum Gasteiger partial charge on any atom is -0.268 e. The monoisotopic (exact) mass is 348 g/mol. The summed E-state index contributed by atoms with van der Waals surface area (Å²) in [5.41, 5.74) is 5.56. The summed E-state index contributed by atoms with van der Waals surface area (Å²) in [5, 5.41) is 10.1. The van der Waals surface area contributed by atoms with E-state index in [2.05, 4.69) is 21.1 Å². The molecule has 4 aromatic heterocycles. The lowest BCUT2D eigenvalue weighted by molar-refractivity contribution is 0.621. The molecule has 130 valence electrons. The molecular formula is C19H17FN6. The van der Waals surface area contributed by atoms with E-state index in [4.69, 9.17) is 5.10 Å². The number of hydrogen-bond acceptors (Lipinski definition) is 4. The van der Waals surface area contributed by atoms with E-state index < -0.39 is 0 Å². The zero-order chi connectivity index (χ0) is 17.7. The highest BCUT2D eigenvalue weighted by atomic mass is 19.1. The Balaban J connectivity index is 1.72. The summed E-state index contributed by atoms with van der Waals surface area (Å²) < 4.78 is 17.2. The molecule has 26 heavy (non-hydrogen) atoms. The average Bonchev–Trinajstić information content (AvgIpc) is 3.35. The van der Waals surface area contributed by atoms with Crippen LogP contribution in [0.2, 0.25) is 0 Å². The zero-order valence-electron chi connectivity index (χ0n) is 14.4. The molecule has 0 amide bonds. The normalized spacial score (nSPS) is 13.5. The molecule has 0 saturated heterocycles. The molecule has 7 heteroatoms. The van der Waals surface area contributed by atoms with Gasteiger partial charge in [0.15, 0.2) is 5.65 Å². The SMILES string of the molecule is CCn1ncc2cc(-c3c(-c4ccc(F)cn4)nn4c3CCC4)cnc21. The van der Waals surface area contributed by atoms with Crippen LogP contribution in [0.25, 0.3) is 33.5 Å². The third kappa shape index (κ3) is 2.23. The van der Waals surface area contributed by atoms with Crippen LogP contribution < -0.4 is 0 Å². The van der Waals surface area contributed by atoms with Gasteiger partial charge in [0, 0.05) is 41.5 Å². The number of fused-ring (bicyclic) bond motifs is 2. The van der Waals surface area contributed by atoms with Crippen molar-refractivity contribution < 1.29 is 4.39 Å². The van der Waals surface area contributed by atoms with E-state index in [0.29, 0.717) is 5.69 Å². The maximum Gasteiger partial charge on any atom is 0.157 e. The van der Waals surface area contributed by atoms with Gasteiger partial charge in [0.05, 0.1) is 18.1 Å². The number of aromatic nitrogens is 6. The predicted molar refractivity (Wildman–Crippen MR) is 95.9 cm³/mol. The first-order chi connectivity index (χ1) is 12.7. The molecule has 0 aromatic carbocycles. The Labute approximate surface area is 149 Å². The Bertz CT molecular complexity index is 1110. The quantitative estimate of drug-likeness (QED) is 0.569. The van der Waals surface area contributed by atoms with E-state index in [1.54, 1.807) is 6.07 Å². The van der Waals surface area contributed by atoms with Crippen LogP contribution in [-0.4, -0.2) is 29.5 Å². The van der Waals surface area contributed by atoms with Crippen molar-refractivity contribution in [3.05, 3.63) is 48.3 Å². The largest absolute Gasteiger partial charge is 0.268 e. The van der Waals surface area contributed by atoms with Gasteiger partial charge in [-0.05, 0) is 38.0 Å². The minimum atomic E-state index is -0.350. The fourth-order valence-corrected chi connectivity index (χ4v) is 3.67. The third-order valence-electron chi connectivity index (χ3n) is 4.88. The van der Waals surface area contributed by atoms with E-state index in [1.165, 1.54) is 18.0 Å². The average molecular weight is 348 g/mol. The number of hydrogen-bond donors (Lipinski definition) is 0. The smallest absolute Gasteiger partial charge is 0.157 e. The summed E-state index contributed by atoms with van der Waals surface area (Å²) in [4.78, 5) is 8.86. The van der Waals surface area contributed by atoms with Gasteiger partial charge in [-0.2, -0.15) is 10.2 Å². The summed E-state index contributed by atoms with van der Waals surface area (Å²) in [6.07, 6.45) is 7.00. The van der Waals surface area contributed by atoms with Crippen molar-refractivity contribution in [2.45, 2.75) is 32.9 Å². The summed E-state index contributed by atoms with van der Waals surface area (Å²) in [7, 11) is 0. The van der Waals surface area contributed by atoms with Crippen molar-refractivity contribution in [1.82, 2.24) is 29.5 Å². The van der Waals surface area contributed by atoms with Crippen molar-refractivity contribution in [3.63, 3.8) is 0 Å². The predicted octanol–water partition coefficient (Wildman–Crippen LogP) is 3.46. The van der Waals surface area contributed by atoms with Crippen molar-refractivity contribution >= 4 is 11.0 Å². The molecule has 5 rings (SSSR count). The number of pyridine rings is 2. The Hall–Kier alpha value is -3.09. The molecular weight excluding hydrogens is 331 g/mol. The van der Waals surface area contributed by atoms with Crippen LogP contribution in [0.3, 0.4) is 0 Å². The van der Waals surface area contributed by atoms with Crippen LogP contribution in [0, 0.1) is 5.82 Å². The number of rotatable bonds is 3. The fourth-order valence-electron chi connectivity index (χ4n) is 3.67. The summed E-state index contributed by atoms with van der Waals surface area (Å²) in [5.74, 6) is -0.350. The Morgan fingerprint density at radius 2 is 2.08 bits per heavy atom. The Morgan fingerprint density at radius 3 is 2.88 bits per heavy atom. The third-order valence-corrected chi connectivity index (χ3v) is 4.88. The first kappa shape index (κ1) is 15.2. The first-order valence-corrected chi connectivity index (χ1v) is 8.78. The lowest BCUT2D eigenvalue weighted by Gasteiger charge is -2.06. The van der Waals surface area contributed by atoms with Crippen LogP contribution in [-0.2, 0) is 19.5 Å². The van der Waals surface area contributed by atoms with Gasteiger partial charge >= 0.3 is 0 Å². The van der Waals surface area contributed by atoms with Crippen molar-refractivity contribution in [1.29, 1.82) is 0 Å². The van der Waals surface area contributed by atoms with Gasteiger partial charge < -0.3 is 0 Å². The molecule has 1 aliphatic rings. The highest BCUT2D eigenvalue weighted by molar-refractivity contribution is 5.87. The van der Waals surface area contributed by atoms with Crippen molar-refractivity contribution in [3.8, 4) is 22.5 Å². The second-order valence-electron chi connectivity index (χ2n) is 6.46. The van der Waals surface area contributed by atoms with Crippen molar-refractivity contribution in [2.24, 2.45) is 0 Å². The van der Waals surface area contributed by atoms with E-state index >= 15 is 0 Å². The standard InChI is InChI=1S/C19H17FN6/c1-2-25-19-13(10-23-25)8-12(9-22-19)17-16-4-3-7-26(16)24-18(17)15-6-5-14(20)11-21-15/h5-6,8-11H,2-4,7H2,1H3. The van der Waals surface area contributed by atoms with Crippen LogP contribution >= 0.6 is 0 Å². The Kier molecular flexibility index (Phi) is 3.34. The van der Waals surface area contributed by atoms with Crippen LogP contribution in [0.15, 0.2) is 36.8 Å². The van der Waals surface area contributed by atoms with E-state index in [1.807, 2.05) is 28.7 Å². The van der Waals surface area contributed by atoms with Gasteiger partial charge in [0.2, 0.25) is 0 Å².